The number of nitrogens with two attached hydrogens (primary N) is 1. The Morgan fingerprint density at radius 2 is 1.79 bits per heavy atom. The van der Waals surface area contributed by atoms with Crippen LogP contribution in [0.3, 0.4) is 0 Å². The van der Waals surface area contributed by atoms with Crippen molar-refractivity contribution in [2.24, 2.45) is 5.73 Å². The molecule has 0 aliphatic heterocycles. The molecule has 0 spiro atoms. The van der Waals surface area contributed by atoms with E-state index in [-0.39, 0.29) is 6.04 Å². The second-order valence-electron chi connectivity index (χ2n) is 3.56. The summed E-state index contributed by atoms with van der Waals surface area (Å²) < 4.78 is 0. The largest absolute Gasteiger partial charge is 0.320 e. The molecule has 67 valence electrons. The lowest BCUT2D eigenvalue weighted by molar-refractivity contribution is 0.899. The van der Waals surface area contributed by atoms with Crippen molar-refractivity contribution in [3.63, 3.8) is 0 Å². The van der Waals surface area contributed by atoms with Gasteiger partial charge in [-0.05, 0) is 28.3 Å². The molecular weight excluding hydrogens is 170 g/mol. The SMILES string of the molecule is NC1c2[c]cccc2-c2ccccc21. The lowest BCUT2D eigenvalue weighted by Gasteiger charge is -2.04. The molecule has 1 unspecified atom stereocenters. The maximum atomic E-state index is 6.13. The molecule has 14 heavy (non-hydrogen) atoms. The molecule has 1 nitrogen and oxygen atoms in total. The van der Waals surface area contributed by atoms with Crippen LogP contribution in [0.25, 0.3) is 11.1 Å². The van der Waals surface area contributed by atoms with Crippen molar-refractivity contribution in [2.45, 2.75) is 6.04 Å². The Morgan fingerprint density at radius 1 is 1.00 bits per heavy atom. The number of hydrogen-bond acceptors (Lipinski definition) is 1. The Kier molecular flexibility index (Phi) is 1.49. The van der Waals surface area contributed by atoms with Gasteiger partial charge in [0.2, 0.25) is 0 Å². The first-order valence-corrected chi connectivity index (χ1v) is 4.73. The van der Waals surface area contributed by atoms with Gasteiger partial charge >= 0.3 is 0 Å². The molecule has 0 fully saturated rings. The first kappa shape index (κ1) is 7.77. The molecule has 0 aromatic heterocycles. The number of hydrogen-bond donors (Lipinski definition) is 1. The summed E-state index contributed by atoms with van der Waals surface area (Å²) in [4.78, 5) is 0. The lowest BCUT2D eigenvalue weighted by Crippen LogP contribution is -2.07. The number of benzene rings is 2. The summed E-state index contributed by atoms with van der Waals surface area (Å²) in [5.74, 6) is 0. The van der Waals surface area contributed by atoms with E-state index in [4.69, 9.17) is 5.73 Å². The summed E-state index contributed by atoms with van der Waals surface area (Å²) in [6, 6.07) is 17.6. The summed E-state index contributed by atoms with van der Waals surface area (Å²) in [5.41, 5.74) is 10.9. The molecule has 0 amide bonds. The monoisotopic (exact) mass is 180 g/mol. The van der Waals surface area contributed by atoms with Gasteiger partial charge in [-0.15, -0.1) is 0 Å². The van der Waals surface area contributed by atoms with Crippen molar-refractivity contribution >= 4 is 0 Å². The van der Waals surface area contributed by atoms with Gasteiger partial charge in [-0.3, -0.25) is 0 Å². The highest BCUT2D eigenvalue weighted by atomic mass is 14.7. The third-order valence-corrected chi connectivity index (χ3v) is 2.79. The zero-order chi connectivity index (χ0) is 9.54. The molecule has 1 radical (unpaired) electrons. The molecule has 0 saturated carbocycles. The minimum atomic E-state index is 0.00222. The molecule has 1 atom stereocenters. The predicted molar refractivity (Wildman–Crippen MR) is 56.7 cm³/mol. The van der Waals surface area contributed by atoms with E-state index < -0.39 is 0 Å². The van der Waals surface area contributed by atoms with E-state index in [9.17, 15) is 0 Å². The molecule has 0 heterocycles. The Labute approximate surface area is 83.2 Å². The normalized spacial score (nSPS) is 13.8. The van der Waals surface area contributed by atoms with Crippen LogP contribution in [0.15, 0.2) is 42.5 Å². The summed E-state index contributed by atoms with van der Waals surface area (Å²) in [7, 11) is 0. The fourth-order valence-electron chi connectivity index (χ4n) is 2.11. The van der Waals surface area contributed by atoms with Gasteiger partial charge in [0.15, 0.2) is 0 Å². The van der Waals surface area contributed by atoms with E-state index in [2.05, 4.69) is 24.3 Å². The topological polar surface area (TPSA) is 26.0 Å². The number of fused-ring (bicyclic) bond motifs is 3. The molecule has 0 saturated heterocycles. The van der Waals surface area contributed by atoms with Crippen LogP contribution in [0.1, 0.15) is 17.2 Å². The summed E-state index contributed by atoms with van der Waals surface area (Å²) in [6.45, 7) is 0. The Bertz CT molecular complexity index is 443. The van der Waals surface area contributed by atoms with Crippen LogP contribution >= 0.6 is 0 Å². The van der Waals surface area contributed by atoms with Gasteiger partial charge in [0, 0.05) is 0 Å². The minimum absolute atomic E-state index is 0.00222. The highest BCUT2D eigenvalue weighted by molar-refractivity contribution is 5.78. The van der Waals surface area contributed by atoms with Gasteiger partial charge in [-0.25, -0.2) is 0 Å². The van der Waals surface area contributed by atoms with Crippen molar-refractivity contribution in [2.75, 3.05) is 0 Å². The molecule has 0 bridgehead atoms. The standard InChI is InChI=1S/C13H10N/c14-13-11-7-3-1-5-9(11)10-6-2-4-8-12(10)13/h1-7,13H,14H2. The third kappa shape index (κ3) is 0.875. The second kappa shape index (κ2) is 2.69. The van der Waals surface area contributed by atoms with Crippen LogP contribution in [0.4, 0.5) is 0 Å². The zero-order valence-corrected chi connectivity index (χ0v) is 7.70. The summed E-state index contributed by atoms with van der Waals surface area (Å²) in [6.07, 6.45) is 0. The van der Waals surface area contributed by atoms with Gasteiger partial charge in [0.1, 0.15) is 0 Å². The Hall–Kier alpha value is -1.60. The van der Waals surface area contributed by atoms with E-state index in [0.717, 1.165) is 5.56 Å². The lowest BCUT2D eigenvalue weighted by atomic mass is 10.1. The van der Waals surface area contributed by atoms with Crippen molar-refractivity contribution < 1.29 is 0 Å². The van der Waals surface area contributed by atoms with Crippen molar-refractivity contribution in [1.29, 1.82) is 0 Å². The van der Waals surface area contributed by atoms with Crippen molar-refractivity contribution in [3.8, 4) is 11.1 Å². The average molecular weight is 180 g/mol. The molecular formula is C13H10N. The van der Waals surface area contributed by atoms with Gasteiger partial charge < -0.3 is 5.73 Å². The molecule has 1 heteroatoms. The second-order valence-corrected chi connectivity index (χ2v) is 3.56. The maximum Gasteiger partial charge on any atom is 0.0570 e. The van der Waals surface area contributed by atoms with Crippen LogP contribution in [-0.2, 0) is 0 Å². The fourth-order valence-corrected chi connectivity index (χ4v) is 2.11. The van der Waals surface area contributed by atoms with Crippen molar-refractivity contribution in [1.82, 2.24) is 0 Å². The summed E-state index contributed by atoms with van der Waals surface area (Å²) >= 11 is 0. The summed E-state index contributed by atoms with van der Waals surface area (Å²) in [5, 5.41) is 0. The minimum Gasteiger partial charge on any atom is -0.320 e. The van der Waals surface area contributed by atoms with Crippen molar-refractivity contribution in [3.05, 3.63) is 59.7 Å². The van der Waals surface area contributed by atoms with E-state index in [1.54, 1.807) is 0 Å². The van der Waals surface area contributed by atoms with E-state index in [1.165, 1.54) is 16.7 Å². The zero-order valence-electron chi connectivity index (χ0n) is 7.70. The van der Waals surface area contributed by atoms with Crippen LogP contribution in [0, 0.1) is 6.07 Å². The molecule has 1 aliphatic carbocycles. The first-order chi connectivity index (χ1) is 6.88. The predicted octanol–water partition coefficient (Wildman–Crippen LogP) is 2.52. The molecule has 2 N–H and O–H groups in total. The van der Waals surface area contributed by atoms with Gasteiger partial charge in [-0.1, -0.05) is 42.5 Å². The van der Waals surface area contributed by atoms with Gasteiger partial charge in [0.05, 0.1) is 6.04 Å². The van der Waals surface area contributed by atoms with E-state index in [0.29, 0.717) is 0 Å². The van der Waals surface area contributed by atoms with Crippen LogP contribution in [-0.4, -0.2) is 0 Å². The third-order valence-electron chi connectivity index (χ3n) is 2.79. The quantitative estimate of drug-likeness (QED) is 0.662. The van der Waals surface area contributed by atoms with E-state index in [1.807, 2.05) is 24.3 Å². The Balaban J connectivity index is 2.36. The van der Waals surface area contributed by atoms with Gasteiger partial charge in [0.25, 0.3) is 0 Å². The Morgan fingerprint density at radius 3 is 2.71 bits per heavy atom. The molecule has 2 aromatic carbocycles. The van der Waals surface area contributed by atoms with Gasteiger partial charge in [-0.2, -0.15) is 0 Å². The smallest absolute Gasteiger partial charge is 0.0570 e. The fraction of sp³-hybridized carbons (Fsp3) is 0.0769. The van der Waals surface area contributed by atoms with E-state index >= 15 is 0 Å². The highest BCUT2D eigenvalue weighted by Crippen LogP contribution is 2.41. The highest BCUT2D eigenvalue weighted by Gasteiger charge is 2.24. The van der Waals surface area contributed by atoms with Crippen LogP contribution in [0.2, 0.25) is 0 Å². The molecule has 3 rings (SSSR count). The number of rotatable bonds is 0. The average Bonchev–Trinajstić information content (AvgIpc) is 2.55. The van der Waals surface area contributed by atoms with Crippen LogP contribution in [0.5, 0.6) is 0 Å². The molecule has 2 aromatic rings. The molecule has 1 aliphatic rings. The van der Waals surface area contributed by atoms with Crippen LogP contribution < -0.4 is 5.73 Å². The maximum absolute atomic E-state index is 6.13. The first-order valence-electron chi connectivity index (χ1n) is 4.73.